The molecule has 2 rings (SSSR count). The summed E-state index contributed by atoms with van der Waals surface area (Å²) in [5, 5.41) is 9.57. The Labute approximate surface area is 104 Å². The Kier molecular flexibility index (Phi) is 4.06. The minimum absolute atomic E-state index is 0.0667. The number of benzene rings is 1. The van der Waals surface area contributed by atoms with Crippen LogP contribution in [0.5, 0.6) is 0 Å². The van der Waals surface area contributed by atoms with E-state index in [2.05, 4.69) is 43.0 Å². The van der Waals surface area contributed by atoms with Crippen LogP contribution in [-0.4, -0.2) is 23.8 Å². The molecule has 1 N–H and O–H groups in total. The van der Waals surface area contributed by atoms with E-state index in [0.29, 0.717) is 6.04 Å². The van der Waals surface area contributed by atoms with Gasteiger partial charge >= 0.3 is 0 Å². The minimum Gasteiger partial charge on any atom is -0.393 e. The van der Waals surface area contributed by atoms with Gasteiger partial charge in [-0.15, -0.1) is 0 Å². The molecule has 0 saturated heterocycles. The molecule has 17 heavy (non-hydrogen) atoms. The summed E-state index contributed by atoms with van der Waals surface area (Å²) in [5.74, 6) is 0. The van der Waals surface area contributed by atoms with E-state index in [0.717, 1.165) is 32.2 Å². The molecule has 0 amide bonds. The zero-order valence-electron chi connectivity index (χ0n) is 10.9. The lowest BCUT2D eigenvalue weighted by molar-refractivity contribution is 0.122. The van der Waals surface area contributed by atoms with Gasteiger partial charge in [0.15, 0.2) is 0 Å². The lowest BCUT2D eigenvalue weighted by Gasteiger charge is -2.36. The molecule has 2 nitrogen and oxygen atoms in total. The molecule has 0 radical (unpaired) electrons. The average Bonchev–Trinajstić information content (AvgIpc) is 2.35. The van der Waals surface area contributed by atoms with Crippen LogP contribution in [-0.2, 0) is 0 Å². The van der Waals surface area contributed by atoms with Crippen LogP contribution < -0.4 is 4.90 Å². The summed E-state index contributed by atoms with van der Waals surface area (Å²) in [5.41, 5.74) is 2.63. The average molecular weight is 233 g/mol. The van der Waals surface area contributed by atoms with Crippen molar-refractivity contribution >= 4 is 5.69 Å². The van der Waals surface area contributed by atoms with Gasteiger partial charge in [-0.2, -0.15) is 0 Å². The molecule has 94 valence electrons. The largest absolute Gasteiger partial charge is 0.393 e. The van der Waals surface area contributed by atoms with Gasteiger partial charge in [0.05, 0.1) is 6.10 Å². The maximum absolute atomic E-state index is 9.57. The molecule has 0 aromatic heterocycles. The molecule has 0 aliphatic heterocycles. The first-order chi connectivity index (χ1) is 8.20. The Morgan fingerprint density at radius 3 is 2.24 bits per heavy atom. The van der Waals surface area contributed by atoms with Crippen LogP contribution >= 0.6 is 0 Å². The number of nitrogens with zero attached hydrogens (tertiary/aromatic N) is 1. The summed E-state index contributed by atoms with van der Waals surface area (Å²) in [6.45, 7) is 5.38. The van der Waals surface area contributed by atoms with Crippen molar-refractivity contribution in [1.29, 1.82) is 0 Å². The second-order valence-corrected chi connectivity index (χ2v) is 5.08. The van der Waals surface area contributed by atoms with E-state index in [1.54, 1.807) is 0 Å². The zero-order valence-corrected chi connectivity index (χ0v) is 10.9. The Morgan fingerprint density at radius 1 is 1.12 bits per heavy atom. The fourth-order valence-electron chi connectivity index (χ4n) is 2.76. The second-order valence-electron chi connectivity index (χ2n) is 5.08. The summed E-state index contributed by atoms with van der Waals surface area (Å²) in [6, 6.07) is 9.38. The lowest BCUT2D eigenvalue weighted by Crippen LogP contribution is -2.39. The van der Waals surface area contributed by atoms with Crippen molar-refractivity contribution < 1.29 is 5.11 Å². The predicted molar refractivity (Wildman–Crippen MR) is 72.5 cm³/mol. The molecule has 0 bridgehead atoms. The zero-order chi connectivity index (χ0) is 12.3. The molecule has 1 fully saturated rings. The third-order valence-corrected chi connectivity index (χ3v) is 3.81. The third-order valence-electron chi connectivity index (χ3n) is 3.81. The molecule has 0 heterocycles. The van der Waals surface area contributed by atoms with E-state index in [1.807, 2.05) is 0 Å². The van der Waals surface area contributed by atoms with Crippen LogP contribution in [0.15, 0.2) is 24.3 Å². The van der Waals surface area contributed by atoms with Gasteiger partial charge in [-0.3, -0.25) is 0 Å². The van der Waals surface area contributed by atoms with Crippen LogP contribution in [0.3, 0.4) is 0 Å². The molecule has 0 atom stereocenters. The molecular formula is C15H23NO. The Bertz CT molecular complexity index is 338. The molecular weight excluding hydrogens is 210 g/mol. The number of aryl methyl sites for hydroxylation is 1. The van der Waals surface area contributed by atoms with Gasteiger partial charge in [-0.1, -0.05) is 17.7 Å². The van der Waals surface area contributed by atoms with Gasteiger partial charge in [-0.25, -0.2) is 0 Å². The summed E-state index contributed by atoms with van der Waals surface area (Å²) in [6.07, 6.45) is 4.06. The first-order valence-electron chi connectivity index (χ1n) is 6.72. The van der Waals surface area contributed by atoms with Crippen molar-refractivity contribution in [1.82, 2.24) is 0 Å². The standard InChI is InChI=1S/C15H23NO/c1-3-16(13-6-4-12(2)5-7-13)14-8-10-15(17)11-9-14/h4-7,14-15,17H,3,8-11H2,1-2H3. The number of aliphatic hydroxyl groups is 1. The highest BCUT2D eigenvalue weighted by Crippen LogP contribution is 2.27. The highest BCUT2D eigenvalue weighted by Gasteiger charge is 2.23. The van der Waals surface area contributed by atoms with Crippen LogP contribution in [0.1, 0.15) is 38.2 Å². The highest BCUT2D eigenvalue weighted by molar-refractivity contribution is 5.48. The molecule has 0 unspecified atom stereocenters. The molecule has 1 aromatic carbocycles. The molecule has 0 spiro atoms. The van der Waals surface area contributed by atoms with Crippen LogP contribution in [0.2, 0.25) is 0 Å². The third kappa shape index (κ3) is 3.01. The molecule has 1 aromatic rings. The number of hydrogen-bond donors (Lipinski definition) is 1. The van der Waals surface area contributed by atoms with Gasteiger partial charge in [0.2, 0.25) is 0 Å². The lowest BCUT2D eigenvalue weighted by atomic mass is 9.91. The Hall–Kier alpha value is -1.02. The maximum Gasteiger partial charge on any atom is 0.0541 e. The Balaban J connectivity index is 2.08. The van der Waals surface area contributed by atoms with Crippen molar-refractivity contribution in [2.75, 3.05) is 11.4 Å². The predicted octanol–water partition coefficient (Wildman–Crippen LogP) is 3.12. The maximum atomic E-state index is 9.57. The summed E-state index contributed by atoms with van der Waals surface area (Å²) >= 11 is 0. The highest BCUT2D eigenvalue weighted by atomic mass is 16.3. The van der Waals surface area contributed by atoms with Gasteiger partial charge in [-0.05, 0) is 51.7 Å². The van der Waals surface area contributed by atoms with E-state index >= 15 is 0 Å². The Morgan fingerprint density at radius 2 is 1.71 bits per heavy atom. The normalized spacial score (nSPS) is 24.6. The molecule has 2 heteroatoms. The minimum atomic E-state index is -0.0667. The van der Waals surface area contributed by atoms with E-state index in [4.69, 9.17) is 0 Å². The molecule has 1 saturated carbocycles. The molecule has 1 aliphatic rings. The second kappa shape index (κ2) is 5.54. The molecule has 1 aliphatic carbocycles. The quantitative estimate of drug-likeness (QED) is 0.867. The van der Waals surface area contributed by atoms with E-state index in [1.165, 1.54) is 11.3 Å². The summed E-state index contributed by atoms with van der Waals surface area (Å²) in [4.78, 5) is 2.48. The topological polar surface area (TPSA) is 23.5 Å². The smallest absolute Gasteiger partial charge is 0.0541 e. The number of rotatable bonds is 3. The van der Waals surface area contributed by atoms with Crippen molar-refractivity contribution in [2.45, 2.75) is 51.7 Å². The van der Waals surface area contributed by atoms with Crippen molar-refractivity contribution in [3.63, 3.8) is 0 Å². The van der Waals surface area contributed by atoms with Crippen LogP contribution in [0.4, 0.5) is 5.69 Å². The number of anilines is 1. The summed E-state index contributed by atoms with van der Waals surface area (Å²) < 4.78 is 0. The van der Waals surface area contributed by atoms with Gasteiger partial charge in [0.25, 0.3) is 0 Å². The van der Waals surface area contributed by atoms with Gasteiger partial charge in [0, 0.05) is 18.3 Å². The van der Waals surface area contributed by atoms with Crippen LogP contribution in [0.25, 0.3) is 0 Å². The monoisotopic (exact) mass is 233 g/mol. The van der Waals surface area contributed by atoms with Crippen molar-refractivity contribution in [3.05, 3.63) is 29.8 Å². The van der Waals surface area contributed by atoms with Crippen molar-refractivity contribution in [3.8, 4) is 0 Å². The fourth-order valence-corrected chi connectivity index (χ4v) is 2.76. The van der Waals surface area contributed by atoms with Gasteiger partial charge in [0.1, 0.15) is 0 Å². The number of aliphatic hydroxyl groups excluding tert-OH is 1. The van der Waals surface area contributed by atoms with E-state index in [-0.39, 0.29) is 6.10 Å². The number of hydrogen-bond acceptors (Lipinski definition) is 2. The van der Waals surface area contributed by atoms with Crippen molar-refractivity contribution in [2.24, 2.45) is 0 Å². The SMILES string of the molecule is CCN(c1ccc(C)cc1)C1CCC(O)CC1. The van der Waals surface area contributed by atoms with Crippen LogP contribution in [0, 0.1) is 6.92 Å². The van der Waals surface area contributed by atoms with Gasteiger partial charge < -0.3 is 10.0 Å². The first kappa shape index (κ1) is 12.4. The van der Waals surface area contributed by atoms with E-state index in [9.17, 15) is 5.11 Å². The van der Waals surface area contributed by atoms with E-state index < -0.39 is 0 Å². The first-order valence-corrected chi connectivity index (χ1v) is 6.72. The summed E-state index contributed by atoms with van der Waals surface area (Å²) in [7, 11) is 0. The fraction of sp³-hybridized carbons (Fsp3) is 0.600.